The van der Waals surface area contributed by atoms with Crippen LogP contribution in [0.4, 0.5) is 0 Å². The zero-order valence-electron chi connectivity index (χ0n) is 19.2. The number of pyridine rings is 1. The van der Waals surface area contributed by atoms with Gasteiger partial charge in [0.25, 0.3) is 0 Å². The molecule has 168 valence electrons. The largest absolute Gasteiger partial charge is 0.504 e. The second kappa shape index (κ2) is 8.65. The van der Waals surface area contributed by atoms with Gasteiger partial charge in [-0.25, -0.2) is 4.79 Å². The van der Waals surface area contributed by atoms with E-state index in [-0.39, 0.29) is 34.9 Å². The van der Waals surface area contributed by atoms with Crippen LogP contribution in [0.1, 0.15) is 75.8 Å². The molecule has 31 heavy (non-hydrogen) atoms. The molecule has 4 rings (SSSR count). The average molecular weight is 429 g/mol. The first-order chi connectivity index (χ1) is 14.8. The number of hydrogen-bond donors (Lipinski definition) is 1. The second-order valence-corrected chi connectivity index (χ2v) is 8.18. The highest BCUT2D eigenvalue weighted by molar-refractivity contribution is 5.89. The molecular formula is C24H32N2O5. The highest BCUT2D eigenvalue weighted by atomic mass is 16.5. The Labute approximate surface area is 183 Å². The molecule has 0 bridgehead atoms. The summed E-state index contributed by atoms with van der Waals surface area (Å²) in [6.45, 7) is 10.2. The molecule has 1 atom stereocenters. The Hall–Kier alpha value is -2.96. The molecule has 0 radical (unpaired) electrons. The Kier molecular flexibility index (Phi) is 6.34. The van der Waals surface area contributed by atoms with Crippen LogP contribution in [0.15, 0.2) is 29.2 Å². The Balaban J connectivity index is 0.00000132. The summed E-state index contributed by atoms with van der Waals surface area (Å²) < 4.78 is 12.3. The van der Waals surface area contributed by atoms with Gasteiger partial charge in [-0.2, -0.15) is 0 Å². The van der Waals surface area contributed by atoms with Crippen molar-refractivity contribution in [1.82, 2.24) is 4.68 Å². The van der Waals surface area contributed by atoms with Crippen molar-refractivity contribution in [2.45, 2.75) is 65.5 Å². The molecule has 1 N–H and O–H groups in total. The van der Waals surface area contributed by atoms with Crippen LogP contribution in [0.25, 0.3) is 11.3 Å². The summed E-state index contributed by atoms with van der Waals surface area (Å²) in [7, 11) is 1.50. The van der Waals surface area contributed by atoms with Gasteiger partial charge >= 0.3 is 5.97 Å². The zero-order valence-corrected chi connectivity index (χ0v) is 19.2. The van der Waals surface area contributed by atoms with Crippen LogP contribution in [-0.2, 0) is 4.74 Å². The van der Waals surface area contributed by atoms with Gasteiger partial charge in [0, 0.05) is 17.8 Å². The van der Waals surface area contributed by atoms with Crippen molar-refractivity contribution in [3.63, 3.8) is 0 Å². The van der Waals surface area contributed by atoms with Gasteiger partial charge in [-0.3, -0.25) is 14.5 Å². The maximum absolute atomic E-state index is 12.7. The average Bonchev–Trinajstić information content (AvgIpc) is 2.74. The number of methoxy groups -OCH3 is 1. The number of ether oxygens (including phenoxy) is 2. The number of carbonyl (C=O) groups excluding carboxylic acids is 1. The lowest BCUT2D eigenvalue weighted by Crippen LogP contribution is -2.57. The molecule has 0 amide bonds. The van der Waals surface area contributed by atoms with E-state index in [1.807, 2.05) is 18.5 Å². The molecule has 3 heterocycles. The van der Waals surface area contributed by atoms with Gasteiger partial charge in [0.05, 0.1) is 31.0 Å². The predicted molar refractivity (Wildman–Crippen MR) is 121 cm³/mol. The number of aromatic nitrogens is 1. The number of esters is 1. The summed E-state index contributed by atoms with van der Waals surface area (Å²) in [6.07, 6.45) is 4.52. The fourth-order valence-electron chi connectivity index (χ4n) is 4.63. The zero-order chi connectivity index (χ0) is 22.9. The second-order valence-electron chi connectivity index (χ2n) is 8.18. The minimum absolute atomic E-state index is 0.00982. The van der Waals surface area contributed by atoms with Gasteiger partial charge in [0.15, 0.2) is 16.9 Å². The van der Waals surface area contributed by atoms with Crippen LogP contribution in [0.3, 0.4) is 0 Å². The highest BCUT2D eigenvalue weighted by Crippen LogP contribution is 2.48. The monoisotopic (exact) mass is 428 g/mol. The molecule has 0 unspecified atom stereocenters. The molecule has 2 aliphatic rings. The number of benzene rings is 1. The van der Waals surface area contributed by atoms with Crippen molar-refractivity contribution in [3.05, 3.63) is 45.7 Å². The molecule has 1 saturated heterocycles. The van der Waals surface area contributed by atoms with Gasteiger partial charge < -0.3 is 14.6 Å². The first-order valence-electron chi connectivity index (χ1n) is 10.9. The lowest BCUT2D eigenvalue weighted by atomic mass is 9.82. The van der Waals surface area contributed by atoms with Crippen molar-refractivity contribution in [3.8, 4) is 22.8 Å². The molecule has 0 aliphatic carbocycles. The van der Waals surface area contributed by atoms with Crippen LogP contribution in [-0.4, -0.2) is 35.0 Å². The maximum atomic E-state index is 12.7. The molecule has 1 aromatic carbocycles. The van der Waals surface area contributed by atoms with Crippen molar-refractivity contribution < 1.29 is 19.4 Å². The van der Waals surface area contributed by atoms with Crippen molar-refractivity contribution in [2.24, 2.45) is 0 Å². The summed E-state index contributed by atoms with van der Waals surface area (Å²) >= 11 is 0. The minimum Gasteiger partial charge on any atom is -0.504 e. The minimum atomic E-state index is -0.617. The summed E-state index contributed by atoms with van der Waals surface area (Å²) in [5, 5.41) is 12.6. The topological polar surface area (TPSA) is 81.0 Å². The molecule has 1 fully saturated rings. The molecule has 2 aliphatic heterocycles. The predicted octanol–water partition coefficient (Wildman–Crippen LogP) is 4.39. The Morgan fingerprint density at radius 2 is 1.97 bits per heavy atom. The van der Waals surface area contributed by atoms with Crippen molar-refractivity contribution in [1.29, 1.82) is 0 Å². The van der Waals surface area contributed by atoms with Crippen LogP contribution >= 0.6 is 0 Å². The first-order valence-corrected chi connectivity index (χ1v) is 10.9. The molecule has 7 nitrogen and oxygen atoms in total. The van der Waals surface area contributed by atoms with E-state index in [1.54, 1.807) is 25.3 Å². The highest BCUT2D eigenvalue weighted by Gasteiger charge is 2.42. The lowest BCUT2D eigenvalue weighted by Gasteiger charge is -2.53. The van der Waals surface area contributed by atoms with E-state index in [0.717, 1.165) is 30.4 Å². The summed E-state index contributed by atoms with van der Waals surface area (Å²) in [5.74, 6) is -0.192. The van der Waals surface area contributed by atoms with E-state index in [0.29, 0.717) is 11.4 Å². The normalized spacial score (nSPS) is 18.0. The van der Waals surface area contributed by atoms with Crippen LogP contribution in [0.2, 0.25) is 0 Å². The van der Waals surface area contributed by atoms with Crippen LogP contribution in [0.5, 0.6) is 11.5 Å². The molecular weight excluding hydrogens is 396 g/mol. The third-order valence-corrected chi connectivity index (χ3v) is 5.93. The summed E-state index contributed by atoms with van der Waals surface area (Å²) in [5.41, 5.74) is 1.88. The fourth-order valence-corrected chi connectivity index (χ4v) is 4.63. The number of piperidine rings is 1. The number of aromatic hydroxyl groups is 1. The van der Waals surface area contributed by atoms with Crippen LogP contribution < -0.4 is 15.2 Å². The number of phenols is 1. The quantitative estimate of drug-likeness (QED) is 0.731. The molecule has 7 heteroatoms. The van der Waals surface area contributed by atoms with Crippen molar-refractivity contribution in [2.75, 3.05) is 18.7 Å². The Morgan fingerprint density at radius 1 is 1.26 bits per heavy atom. The summed E-state index contributed by atoms with van der Waals surface area (Å²) in [6, 6.07) is 4.98. The van der Waals surface area contributed by atoms with Crippen molar-refractivity contribution >= 4 is 5.97 Å². The third-order valence-electron chi connectivity index (χ3n) is 5.93. The van der Waals surface area contributed by atoms with E-state index in [2.05, 4.69) is 18.9 Å². The van der Waals surface area contributed by atoms with Gasteiger partial charge in [-0.15, -0.1) is 0 Å². The molecule has 1 aromatic heterocycles. The first kappa shape index (κ1) is 22.7. The van der Waals surface area contributed by atoms with Crippen LogP contribution in [0, 0.1) is 0 Å². The molecule has 0 saturated carbocycles. The van der Waals surface area contributed by atoms with E-state index in [1.165, 1.54) is 13.2 Å². The van der Waals surface area contributed by atoms with Gasteiger partial charge in [-0.05, 0) is 57.7 Å². The maximum Gasteiger partial charge on any atom is 0.343 e. The number of rotatable bonds is 3. The Bertz CT molecular complexity index is 1040. The number of nitrogens with zero attached hydrogens (tertiary/aromatic N) is 2. The van der Waals surface area contributed by atoms with Gasteiger partial charge in [0.1, 0.15) is 5.56 Å². The number of carbonyl (C=O) groups is 1. The fraction of sp³-hybridized carbons (Fsp3) is 0.500. The SMILES string of the molecule is CC.CCOC(=O)c1cn2c(cc1=O)-c1cc(OC)c(O)cc1[C@H]1CCCC(C)(C)N12. The van der Waals surface area contributed by atoms with Gasteiger partial charge in [0.2, 0.25) is 0 Å². The Morgan fingerprint density at radius 3 is 2.61 bits per heavy atom. The lowest BCUT2D eigenvalue weighted by molar-refractivity contribution is 0.0523. The third kappa shape index (κ3) is 3.77. The number of hydrogen-bond acceptors (Lipinski definition) is 6. The molecule has 2 aromatic rings. The molecule has 0 spiro atoms. The smallest absolute Gasteiger partial charge is 0.343 e. The van der Waals surface area contributed by atoms with E-state index in [9.17, 15) is 14.7 Å². The van der Waals surface area contributed by atoms with Gasteiger partial charge in [-0.1, -0.05) is 13.8 Å². The van der Waals surface area contributed by atoms with E-state index < -0.39 is 5.97 Å². The van der Waals surface area contributed by atoms with E-state index in [4.69, 9.17) is 9.47 Å². The van der Waals surface area contributed by atoms with E-state index >= 15 is 0 Å². The number of fused-ring (bicyclic) bond motifs is 6. The number of phenolic OH excluding ortho intramolecular Hbond substituents is 1. The standard InChI is InChI=1S/C22H26N2O5.C2H6/c1-5-29-21(27)15-12-23-17(11-18(15)25)14-10-20(28-4)19(26)9-13(14)16-7-6-8-22(2,3)24(16)23;1-2/h9-12,16,26H,5-8H2,1-4H3;1-2H3/t16-;/m1./s1. The summed E-state index contributed by atoms with van der Waals surface area (Å²) in [4.78, 5) is 25.1.